The maximum atomic E-state index is 9.25. The molecule has 0 amide bonds. The van der Waals surface area contributed by atoms with Crippen molar-refractivity contribution in [1.29, 1.82) is 0 Å². The van der Waals surface area contributed by atoms with Crippen molar-refractivity contribution in [2.75, 3.05) is 0 Å². The van der Waals surface area contributed by atoms with E-state index >= 15 is 0 Å². The molecule has 0 aliphatic heterocycles. The van der Waals surface area contributed by atoms with E-state index in [1.807, 2.05) is 0 Å². The SMILES string of the molecule is [CH2]F.[F-].[Mn]. The zero-order chi connectivity index (χ0) is 2.00. The normalized spacial score (nSPS) is 1.50. The van der Waals surface area contributed by atoms with E-state index < -0.39 is 0 Å². The first-order valence-corrected chi connectivity index (χ1v) is 0.267. The van der Waals surface area contributed by atoms with Gasteiger partial charge in [0.05, 0.1) is 0 Å². The molecule has 0 atom stereocenters. The first-order chi connectivity index (χ1) is 1.00. The molecule has 0 fully saturated rings. The Bertz CT molecular complexity index is 6.00. The van der Waals surface area contributed by atoms with Crippen LogP contribution in [0, 0.1) is 7.18 Å². The van der Waals surface area contributed by atoms with Crippen LogP contribution in [-0.2, 0) is 17.1 Å². The molecule has 0 aliphatic rings. The molecule has 0 aromatic heterocycles. The molecule has 0 nitrogen and oxygen atoms in total. The molecule has 0 saturated heterocycles. The summed E-state index contributed by atoms with van der Waals surface area (Å²) in [6.45, 7) is 0. The minimum absolute atomic E-state index is 0. The van der Waals surface area contributed by atoms with Gasteiger partial charge in [0.2, 0.25) is 0 Å². The Labute approximate surface area is 34.2 Å². The molecule has 0 N–H and O–H groups in total. The van der Waals surface area contributed by atoms with Crippen LogP contribution in [0.3, 0.4) is 0 Å². The van der Waals surface area contributed by atoms with Crippen molar-refractivity contribution in [3.8, 4) is 0 Å². The van der Waals surface area contributed by atoms with Crippen LogP contribution in [0.1, 0.15) is 0 Å². The molecule has 0 bridgehead atoms. The van der Waals surface area contributed by atoms with Crippen LogP contribution in [0.25, 0.3) is 0 Å². The van der Waals surface area contributed by atoms with E-state index in [0.717, 1.165) is 0 Å². The van der Waals surface area contributed by atoms with Crippen LogP contribution < -0.4 is 4.70 Å². The van der Waals surface area contributed by atoms with Crippen LogP contribution in [0.2, 0.25) is 0 Å². The smallest absolute Gasteiger partial charge is 0.118 e. The quantitative estimate of drug-likeness (QED) is 0.307. The van der Waals surface area contributed by atoms with E-state index in [4.69, 9.17) is 0 Å². The van der Waals surface area contributed by atoms with E-state index in [9.17, 15) is 4.39 Å². The van der Waals surface area contributed by atoms with Crippen LogP contribution in [0.15, 0.2) is 0 Å². The molecule has 0 aromatic rings. The minimum atomic E-state index is 0. The predicted octanol–water partition coefficient (Wildman–Crippen LogP) is -2.25. The van der Waals surface area contributed by atoms with Gasteiger partial charge in [0.25, 0.3) is 0 Å². The van der Waals surface area contributed by atoms with Crippen molar-refractivity contribution in [3.05, 3.63) is 7.18 Å². The first-order valence-electron chi connectivity index (χ1n) is 0.267. The molecule has 28 valence electrons. The second-order valence-corrected chi connectivity index (χ2v) is 0. The van der Waals surface area contributed by atoms with Crippen molar-refractivity contribution in [1.82, 2.24) is 0 Å². The first kappa shape index (κ1) is 26.3. The molecule has 3 heteroatoms. The molecular formula is CH2F2Mn-. The standard InChI is InChI=1S/CH2F.FH.Mn/c1-2;;/h1H2;1H;/p-1. The third kappa shape index (κ3) is 31.4. The van der Waals surface area contributed by atoms with E-state index in [0.29, 0.717) is 0 Å². The van der Waals surface area contributed by atoms with Gasteiger partial charge in [-0.15, -0.1) is 0 Å². The fraction of sp³-hybridized carbons (Fsp3) is 0. The van der Waals surface area contributed by atoms with Gasteiger partial charge in [-0.05, 0) is 0 Å². The summed E-state index contributed by atoms with van der Waals surface area (Å²) in [7, 11) is 1.75. The molecule has 0 saturated carbocycles. The van der Waals surface area contributed by atoms with Crippen LogP contribution >= 0.6 is 0 Å². The maximum Gasteiger partial charge on any atom is 0.118 e. The summed E-state index contributed by atoms with van der Waals surface area (Å²) in [5, 5.41) is 0. The Hall–Kier alpha value is 0.379. The molecule has 0 unspecified atom stereocenters. The molecule has 0 aromatic carbocycles. The second kappa shape index (κ2) is 133. The largest absolute Gasteiger partial charge is 1.00 e. The van der Waals surface area contributed by atoms with E-state index in [1.165, 1.54) is 0 Å². The van der Waals surface area contributed by atoms with Crippen molar-refractivity contribution >= 4 is 0 Å². The maximum absolute atomic E-state index is 9.25. The Morgan fingerprint density at radius 1 is 1.25 bits per heavy atom. The van der Waals surface area contributed by atoms with Gasteiger partial charge >= 0.3 is 0 Å². The Kier molecular flexibility index (Phi) is 873. The van der Waals surface area contributed by atoms with Gasteiger partial charge < -0.3 is 4.70 Å². The third-order valence-corrected chi connectivity index (χ3v) is 0. The average molecular weight is 107 g/mol. The number of hydrogen-bond donors (Lipinski definition) is 0. The van der Waals surface area contributed by atoms with Crippen molar-refractivity contribution in [3.63, 3.8) is 0 Å². The van der Waals surface area contributed by atoms with E-state index in [1.54, 1.807) is 7.18 Å². The monoisotopic (exact) mass is 107 g/mol. The summed E-state index contributed by atoms with van der Waals surface area (Å²) < 4.78 is 9.25. The van der Waals surface area contributed by atoms with Crippen molar-refractivity contribution in [2.45, 2.75) is 0 Å². The van der Waals surface area contributed by atoms with Gasteiger partial charge in [-0.1, -0.05) is 0 Å². The van der Waals surface area contributed by atoms with Gasteiger partial charge in [-0.3, -0.25) is 0 Å². The molecule has 0 heterocycles. The summed E-state index contributed by atoms with van der Waals surface area (Å²) in [5.41, 5.74) is 0. The van der Waals surface area contributed by atoms with Crippen LogP contribution in [0.4, 0.5) is 4.39 Å². The van der Waals surface area contributed by atoms with Gasteiger partial charge in [-0.25, -0.2) is 4.39 Å². The molecule has 4 heavy (non-hydrogen) atoms. The fourth-order valence-electron chi connectivity index (χ4n) is 0. The molecule has 0 spiro atoms. The summed E-state index contributed by atoms with van der Waals surface area (Å²) in [5.74, 6) is 0. The van der Waals surface area contributed by atoms with Crippen LogP contribution in [-0.4, -0.2) is 0 Å². The molecule has 0 rings (SSSR count). The summed E-state index contributed by atoms with van der Waals surface area (Å²) in [4.78, 5) is 0. The van der Waals surface area contributed by atoms with Gasteiger partial charge in [0.15, 0.2) is 0 Å². The topological polar surface area (TPSA) is 0 Å². The van der Waals surface area contributed by atoms with Crippen molar-refractivity contribution in [2.24, 2.45) is 0 Å². The summed E-state index contributed by atoms with van der Waals surface area (Å²) in [6, 6.07) is 0. The zero-order valence-corrected chi connectivity index (χ0v) is 3.02. The number of rotatable bonds is 0. The minimum Gasteiger partial charge on any atom is -1.00 e. The Morgan fingerprint density at radius 2 is 1.25 bits per heavy atom. The average Bonchev–Trinajstić information content (AvgIpc) is 1.00. The summed E-state index contributed by atoms with van der Waals surface area (Å²) in [6.07, 6.45) is 0. The summed E-state index contributed by atoms with van der Waals surface area (Å²) >= 11 is 0. The second-order valence-electron chi connectivity index (χ2n) is 0. The van der Waals surface area contributed by atoms with Crippen molar-refractivity contribution < 1.29 is 26.2 Å². The third-order valence-electron chi connectivity index (χ3n) is 0. The van der Waals surface area contributed by atoms with Gasteiger partial charge in [-0.2, -0.15) is 0 Å². The number of halogens is 2. The van der Waals surface area contributed by atoms with Gasteiger partial charge in [0.1, 0.15) is 7.18 Å². The molecular weight excluding hydrogens is 105 g/mol. The van der Waals surface area contributed by atoms with E-state index in [2.05, 4.69) is 0 Å². The Balaban J connectivity index is -0.00000000500. The molecule has 0 aliphatic carbocycles. The predicted molar refractivity (Wildman–Crippen MR) is 6.46 cm³/mol. The number of hydrogen-bond acceptors (Lipinski definition) is 0. The zero-order valence-electron chi connectivity index (χ0n) is 1.84. The molecule has 2 radical (unpaired) electrons. The Morgan fingerprint density at radius 3 is 1.25 bits per heavy atom. The van der Waals surface area contributed by atoms with E-state index in [-0.39, 0.29) is 21.8 Å². The van der Waals surface area contributed by atoms with Gasteiger partial charge in [0, 0.05) is 17.1 Å². The van der Waals surface area contributed by atoms with Crippen LogP contribution in [0.5, 0.6) is 0 Å². The fourth-order valence-corrected chi connectivity index (χ4v) is 0.